The minimum atomic E-state index is 0.829. The minimum Gasteiger partial charge on any atom is -0.381 e. The average Bonchev–Trinajstić information content (AvgIpc) is 2.07. The van der Waals surface area contributed by atoms with Crippen LogP contribution in [-0.2, 0) is 4.74 Å². The van der Waals surface area contributed by atoms with Crippen LogP contribution in [-0.4, -0.2) is 25.8 Å². The molecule has 78 valence electrons. The molecule has 0 aliphatic heterocycles. The van der Waals surface area contributed by atoms with Gasteiger partial charge in [0.1, 0.15) is 0 Å². The predicted octanol–water partition coefficient (Wildman–Crippen LogP) is 2.34. The molecule has 13 heavy (non-hydrogen) atoms. The largest absolute Gasteiger partial charge is 0.381 e. The molecule has 0 aromatic heterocycles. The van der Waals surface area contributed by atoms with E-state index in [1.165, 1.54) is 38.5 Å². The lowest BCUT2D eigenvalue weighted by molar-refractivity contribution is 0.127. The van der Waals surface area contributed by atoms with Crippen molar-refractivity contribution in [3.05, 3.63) is 0 Å². The van der Waals surface area contributed by atoms with Crippen LogP contribution in [0.3, 0.4) is 0 Å². The summed E-state index contributed by atoms with van der Waals surface area (Å²) in [6.45, 7) is 5.21. The molecule has 1 aliphatic carbocycles. The molecule has 0 atom stereocenters. The van der Waals surface area contributed by atoms with Crippen LogP contribution in [0.1, 0.15) is 45.4 Å². The topological polar surface area (TPSA) is 21.3 Å². The zero-order chi connectivity index (χ0) is 9.36. The van der Waals surface area contributed by atoms with Crippen LogP contribution in [0.25, 0.3) is 0 Å². The third kappa shape index (κ3) is 5.27. The number of unbranched alkanes of at least 4 members (excludes halogenated alkanes) is 1. The smallest absolute Gasteiger partial charge is 0.0478 e. The number of nitrogens with one attached hydrogen (secondary N) is 1. The quantitative estimate of drug-likeness (QED) is 0.586. The zero-order valence-corrected chi connectivity index (χ0v) is 8.85. The number of hydrogen-bond acceptors (Lipinski definition) is 2. The third-order valence-corrected chi connectivity index (χ3v) is 2.65. The van der Waals surface area contributed by atoms with E-state index in [-0.39, 0.29) is 0 Å². The Kier molecular flexibility index (Phi) is 6.21. The number of hydrogen-bond donors (Lipinski definition) is 1. The van der Waals surface area contributed by atoms with Crippen LogP contribution in [0, 0.1) is 0 Å². The summed E-state index contributed by atoms with van der Waals surface area (Å²) < 4.78 is 5.47. The Morgan fingerprint density at radius 1 is 1.23 bits per heavy atom. The van der Waals surface area contributed by atoms with Crippen molar-refractivity contribution >= 4 is 0 Å². The van der Waals surface area contributed by atoms with Crippen molar-refractivity contribution in [3.8, 4) is 0 Å². The van der Waals surface area contributed by atoms with Gasteiger partial charge in [-0.2, -0.15) is 0 Å². The van der Waals surface area contributed by atoms with Gasteiger partial charge in [-0.3, -0.25) is 0 Å². The highest BCUT2D eigenvalue weighted by molar-refractivity contribution is 4.75. The van der Waals surface area contributed by atoms with E-state index < -0.39 is 0 Å². The number of rotatable bonds is 8. The molecule has 0 amide bonds. The van der Waals surface area contributed by atoms with Gasteiger partial charge in [-0.1, -0.05) is 19.8 Å². The van der Waals surface area contributed by atoms with Gasteiger partial charge >= 0.3 is 0 Å². The van der Waals surface area contributed by atoms with Crippen molar-refractivity contribution in [1.82, 2.24) is 5.32 Å². The summed E-state index contributed by atoms with van der Waals surface area (Å²) >= 11 is 0. The molecule has 0 saturated heterocycles. The minimum absolute atomic E-state index is 0.829. The highest BCUT2D eigenvalue weighted by atomic mass is 16.5. The maximum Gasteiger partial charge on any atom is 0.0478 e. The Morgan fingerprint density at radius 3 is 2.62 bits per heavy atom. The molecular weight excluding hydrogens is 162 g/mol. The first-order valence-corrected chi connectivity index (χ1v) is 5.74. The third-order valence-electron chi connectivity index (χ3n) is 2.65. The van der Waals surface area contributed by atoms with Gasteiger partial charge in [-0.25, -0.2) is 0 Å². The van der Waals surface area contributed by atoms with E-state index in [0.29, 0.717) is 0 Å². The first-order valence-electron chi connectivity index (χ1n) is 5.74. The summed E-state index contributed by atoms with van der Waals surface area (Å²) in [7, 11) is 0. The van der Waals surface area contributed by atoms with Gasteiger partial charge in [0.15, 0.2) is 0 Å². The average molecular weight is 185 g/mol. The van der Waals surface area contributed by atoms with Crippen LogP contribution in [0.5, 0.6) is 0 Å². The Bertz CT molecular complexity index is 113. The summed E-state index contributed by atoms with van der Waals surface area (Å²) in [4.78, 5) is 0. The molecule has 0 unspecified atom stereocenters. The van der Waals surface area contributed by atoms with Crippen LogP contribution >= 0.6 is 0 Å². The van der Waals surface area contributed by atoms with Crippen LogP contribution in [0.4, 0.5) is 0 Å². The fourth-order valence-corrected chi connectivity index (χ4v) is 1.44. The summed E-state index contributed by atoms with van der Waals surface area (Å²) in [6.07, 6.45) is 7.80. The van der Waals surface area contributed by atoms with E-state index in [4.69, 9.17) is 4.74 Å². The Morgan fingerprint density at radius 2 is 2.00 bits per heavy atom. The first-order chi connectivity index (χ1) is 6.43. The predicted molar refractivity (Wildman–Crippen MR) is 56.0 cm³/mol. The van der Waals surface area contributed by atoms with Gasteiger partial charge in [-0.05, 0) is 32.2 Å². The fourth-order valence-electron chi connectivity index (χ4n) is 1.44. The highest BCUT2D eigenvalue weighted by Crippen LogP contribution is 2.17. The molecule has 1 saturated carbocycles. The van der Waals surface area contributed by atoms with Crippen LogP contribution < -0.4 is 5.32 Å². The Balaban J connectivity index is 1.68. The van der Waals surface area contributed by atoms with Gasteiger partial charge in [0.25, 0.3) is 0 Å². The van der Waals surface area contributed by atoms with E-state index >= 15 is 0 Å². The lowest BCUT2D eigenvalue weighted by Crippen LogP contribution is -2.35. The van der Waals surface area contributed by atoms with E-state index in [1.54, 1.807) is 0 Å². The van der Waals surface area contributed by atoms with Gasteiger partial charge in [0.2, 0.25) is 0 Å². The molecule has 0 bridgehead atoms. The van der Waals surface area contributed by atoms with E-state index in [1.807, 2.05) is 0 Å². The lowest BCUT2D eigenvalue weighted by atomic mass is 9.93. The summed E-state index contributed by atoms with van der Waals surface area (Å²) in [5, 5.41) is 3.53. The monoisotopic (exact) mass is 185 g/mol. The van der Waals surface area contributed by atoms with Crippen molar-refractivity contribution in [1.29, 1.82) is 0 Å². The van der Waals surface area contributed by atoms with E-state index in [2.05, 4.69) is 12.2 Å². The summed E-state index contributed by atoms with van der Waals surface area (Å²) in [6, 6.07) is 0.829. The molecule has 1 rings (SSSR count). The molecule has 0 heterocycles. The second-order valence-corrected chi connectivity index (χ2v) is 3.90. The molecule has 1 fully saturated rings. The van der Waals surface area contributed by atoms with Gasteiger partial charge in [-0.15, -0.1) is 0 Å². The maximum atomic E-state index is 5.47. The second kappa shape index (κ2) is 7.34. The van der Waals surface area contributed by atoms with Gasteiger partial charge in [0, 0.05) is 19.3 Å². The van der Waals surface area contributed by atoms with Crippen LogP contribution in [0.15, 0.2) is 0 Å². The zero-order valence-electron chi connectivity index (χ0n) is 8.85. The van der Waals surface area contributed by atoms with E-state index in [9.17, 15) is 0 Å². The van der Waals surface area contributed by atoms with Crippen molar-refractivity contribution in [3.63, 3.8) is 0 Å². The standard InChI is InChI=1S/C11H23NO/c1-2-3-9-13-10-5-8-12-11-6-4-7-11/h11-12H,2-10H2,1H3. The van der Waals surface area contributed by atoms with Crippen molar-refractivity contribution in [2.45, 2.75) is 51.5 Å². The molecule has 0 aromatic carbocycles. The second-order valence-electron chi connectivity index (χ2n) is 3.90. The summed E-state index contributed by atoms with van der Waals surface area (Å²) in [5.74, 6) is 0. The van der Waals surface area contributed by atoms with Crippen molar-refractivity contribution in [2.75, 3.05) is 19.8 Å². The van der Waals surface area contributed by atoms with E-state index in [0.717, 1.165) is 25.8 Å². The Hall–Kier alpha value is -0.0800. The SMILES string of the molecule is CCCCOCCCNC1CCC1. The van der Waals surface area contributed by atoms with Gasteiger partial charge < -0.3 is 10.1 Å². The molecule has 1 N–H and O–H groups in total. The molecule has 0 aromatic rings. The molecule has 1 aliphatic rings. The van der Waals surface area contributed by atoms with Crippen molar-refractivity contribution in [2.24, 2.45) is 0 Å². The molecule has 0 spiro atoms. The lowest BCUT2D eigenvalue weighted by Gasteiger charge is -2.26. The Labute approximate surface area is 82.0 Å². The van der Waals surface area contributed by atoms with Gasteiger partial charge in [0.05, 0.1) is 0 Å². The first kappa shape index (κ1) is 11.0. The van der Waals surface area contributed by atoms with Crippen molar-refractivity contribution < 1.29 is 4.74 Å². The fraction of sp³-hybridized carbons (Fsp3) is 1.00. The molecule has 2 heteroatoms. The normalized spacial score (nSPS) is 17.3. The maximum absolute atomic E-state index is 5.47. The number of ether oxygens (including phenoxy) is 1. The van der Waals surface area contributed by atoms with Crippen LogP contribution in [0.2, 0.25) is 0 Å². The highest BCUT2D eigenvalue weighted by Gasteiger charge is 2.15. The molecule has 2 nitrogen and oxygen atoms in total. The molecule has 0 radical (unpaired) electrons. The molecular formula is C11H23NO. The summed E-state index contributed by atoms with van der Waals surface area (Å²) in [5.41, 5.74) is 0.